The zero-order valence-electron chi connectivity index (χ0n) is 20.0. The van der Waals surface area contributed by atoms with Crippen LogP contribution in [0.15, 0.2) is 35.4 Å². The average molecular weight is 464 g/mol. The molecule has 0 saturated heterocycles. The van der Waals surface area contributed by atoms with E-state index >= 15 is 0 Å². The molecule has 33 heavy (non-hydrogen) atoms. The van der Waals surface area contributed by atoms with E-state index in [-0.39, 0.29) is 25.2 Å². The Bertz CT molecular complexity index is 756. The van der Waals surface area contributed by atoms with Gasteiger partial charge in [0.2, 0.25) is 0 Å². The van der Waals surface area contributed by atoms with Gasteiger partial charge in [-0.05, 0) is 29.9 Å². The number of rotatable bonds is 13. The predicted octanol–water partition coefficient (Wildman–Crippen LogP) is 4.24. The van der Waals surface area contributed by atoms with Crippen LogP contribution < -0.4 is 0 Å². The monoisotopic (exact) mass is 463 g/mol. The molecule has 0 spiro atoms. The highest BCUT2D eigenvalue weighted by Crippen LogP contribution is 2.33. The highest BCUT2D eigenvalue weighted by atomic mass is 16.7. The number of carbonyl (C=O) groups is 1. The molecule has 1 aromatic rings. The third-order valence-electron chi connectivity index (χ3n) is 6.04. The molecule has 0 unspecified atom stereocenters. The predicted molar refractivity (Wildman–Crippen MR) is 123 cm³/mol. The molecule has 1 aliphatic rings. The minimum Gasteiger partial charge on any atom is -0.459 e. The molecular weight excluding hydrogens is 426 g/mol. The van der Waals surface area contributed by atoms with Crippen LogP contribution in [0.2, 0.25) is 0 Å². The Hall–Kier alpha value is -2.16. The van der Waals surface area contributed by atoms with E-state index in [9.17, 15) is 9.90 Å². The molecule has 1 saturated carbocycles. The summed E-state index contributed by atoms with van der Waals surface area (Å²) in [5.74, 6) is -1.27. The first-order valence-corrected chi connectivity index (χ1v) is 11.5. The number of esters is 1. The lowest BCUT2D eigenvalue weighted by atomic mass is 9.83. The number of carbonyl (C=O) groups excluding carboxylic acids is 1. The Kier molecular flexibility index (Phi) is 11.6. The van der Waals surface area contributed by atoms with Crippen molar-refractivity contribution in [1.29, 1.82) is 0 Å². The molecule has 0 aliphatic heterocycles. The van der Waals surface area contributed by atoms with Gasteiger partial charge in [-0.1, -0.05) is 62.6 Å². The summed E-state index contributed by atoms with van der Waals surface area (Å²) in [6, 6.07) is 9.22. The number of ether oxygens (including phenoxy) is 4. The molecule has 0 heterocycles. The maximum atomic E-state index is 13.4. The van der Waals surface area contributed by atoms with Gasteiger partial charge in [0.15, 0.2) is 0 Å². The summed E-state index contributed by atoms with van der Waals surface area (Å²) >= 11 is 0. The van der Waals surface area contributed by atoms with E-state index in [0.717, 1.165) is 12.0 Å². The van der Waals surface area contributed by atoms with Crippen LogP contribution in [-0.2, 0) is 30.3 Å². The van der Waals surface area contributed by atoms with Crippen LogP contribution in [0.25, 0.3) is 10.4 Å². The van der Waals surface area contributed by atoms with Crippen LogP contribution in [0.5, 0.6) is 0 Å². The van der Waals surface area contributed by atoms with Crippen LogP contribution in [0.1, 0.15) is 45.6 Å². The van der Waals surface area contributed by atoms with Crippen molar-refractivity contribution in [2.75, 3.05) is 20.5 Å². The van der Waals surface area contributed by atoms with Crippen molar-refractivity contribution in [3.05, 3.63) is 46.3 Å². The van der Waals surface area contributed by atoms with E-state index in [0.29, 0.717) is 19.4 Å². The smallest absolute Gasteiger partial charge is 0.311 e. The molecular formula is C24H37N3O6. The number of azide groups is 1. The maximum Gasteiger partial charge on any atom is 0.311 e. The second-order valence-corrected chi connectivity index (χ2v) is 8.91. The van der Waals surface area contributed by atoms with Crippen molar-refractivity contribution in [2.45, 2.75) is 71.0 Å². The van der Waals surface area contributed by atoms with Crippen molar-refractivity contribution >= 4 is 5.97 Å². The summed E-state index contributed by atoms with van der Waals surface area (Å²) in [6.07, 6.45) is 0.284. The van der Waals surface area contributed by atoms with E-state index in [1.807, 2.05) is 51.1 Å². The van der Waals surface area contributed by atoms with Gasteiger partial charge >= 0.3 is 5.97 Å². The Morgan fingerprint density at radius 2 is 1.94 bits per heavy atom. The molecule has 1 fully saturated rings. The van der Waals surface area contributed by atoms with E-state index in [1.54, 1.807) is 0 Å². The maximum absolute atomic E-state index is 13.4. The Morgan fingerprint density at radius 1 is 1.21 bits per heavy atom. The lowest BCUT2D eigenvalue weighted by Crippen LogP contribution is -2.48. The molecule has 2 rings (SSSR count). The highest BCUT2D eigenvalue weighted by molar-refractivity contribution is 5.73. The molecule has 1 N–H and O–H groups in total. The molecule has 0 amide bonds. The summed E-state index contributed by atoms with van der Waals surface area (Å²) in [5, 5.41) is 13.6. The SMILES string of the molecule is COCO[C@H]([C@H](C)CO)[C@@H](OC(=O)[C@H]1CCC[C@H](N=[N+]=[N-])[C@H]1OCc1ccccc1)C(C)C. The number of nitrogens with zero attached hydrogens (tertiary/aromatic N) is 3. The van der Waals surface area contributed by atoms with Crippen molar-refractivity contribution < 1.29 is 28.8 Å². The van der Waals surface area contributed by atoms with Gasteiger partial charge in [0, 0.05) is 24.5 Å². The standard InChI is InChI=1S/C24H37N3O6/c1-16(2)21(22(17(3)13-28)32-15-30-4)33-24(29)19-11-8-12-20(26-27-25)23(19)31-14-18-9-6-5-7-10-18/h5-7,9-10,16-17,19-23,28H,8,11-15H2,1-4H3/t17-,19+,20+,21+,22-,23+/m1/s1. The fraction of sp³-hybridized carbons (Fsp3) is 0.708. The number of hydrogen-bond donors (Lipinski definition) is 1. The van der Waals surface area contributed by atoms with Crippen LogP contribution in [0, 0.1) is 17.8 Å². The van der Waals surface area contributed by atoms with Crippen LogP contribution in [0.4, 0.5) is 0 Å². The van der Waals surface area contributed by atoms with Gasteiger partial charge < -0.3 is 24.1 Å². The normalized spacial score (nSPS) is 23.4. The zero-order chi connectivity index (χ0) is 24.2. The minimum atomic E-state index is -0.580. The van der Waals surface area contributed by atoms with E-state index in [2.05, 4.69) is 10.0 Å². The lowest BCUT2D eigenvalue weighted by Gasteiger charge is -2.37. The first kappa shape index (κ1) is 27.1. The Balaban J connectivity index is 2.20. The van der Waals surface area contributed by atoms with Crippen molar-refractivity contribution in [3.63, 3.8) is 0 Å². The number of aliphatic hydroxyl groups excluding tert-OH is 1. The number of methoxy groups -OCH3 is 1. The zero-order valence-corrected chi connectivity index (χ0v) is 20.0. The van der Waals surface area contributed by atoms with Gasteiger partial charge in [-0.15, -0.1) is 0 Å². The quantitative estimate of drug-likeness (QED) is 0.153. The van der Waals surface area contributed by atoms with Gasteiger partial charge in [0.05, 0.1) is 24.7 Å². The third-order valence-corrected chi connectivity index (χ3v) is 6.04. The van der Waals surface area contributed by atoms with Gasteiger partial charge in [-0.25, -0.2) is 0 Å². The molecule has 0 aromatic heterocycles. The van der Waals surface area contributed by atoms with Gasteiger partial charge in [-0.3, -0.25) is 4.79 Å². The van der Waals surface area contributed by atoms with Crippen LogP contribution >= 0.6 is 0 Å². The molecule has 9 nitrogen and oxygen atoms in total. The van der Waals surface area contributed by atoms with Crippen LogP contribution in [0.3, 0.4) is 0 Å². The summed E-state index contributed by atoms with van der Waals surface area (Å²) in [5.41, 5.74) is 10.0. The second kappa shape index (κ2) is 14.2. The number of hydrogen-bond acceptors (Lipinski definition) is 7. The Labute approximate surface area is 196 Å². The summed E-state index contributed by atoms with van der Waals surface area (Å²) in [4.78, 5) is 16.4. The summed E-state index contributed by atoms with van der Waals surface area (Å²) in [6.45, 7) is 5.95. The van der Waals surface area contributed by atoms with Crippen molar-refractivity contribution in [1.82, 2.24) is 0 Å². The molecule has 0 radical (unpaired) electrons. The largest absolute Gasteiger partial charge is 0.459 e. The molecule has 184 valence electrons. The van der Waals surface area contributed by atoms with E-state index < -0.39 is 36.2 Å². The molecule has 1 aliphatic carbocycles. The molecule has 9 heteroatoms. The van der Waals surface area contributed by atoms with Gasteiger partial charge in [-0.2, -0.15) is 0 Å². The van der Waals surface area contributed by atoms with Crippen molar-refractivity contribution in [2.24, 2.45) is 22.9 Å². The number of benzene rings is 1. The highest BCUT2D eigenvalue weighted by Gasteiger charge is 2.42. The minimum absolute atomic E-state index is 0.0287. The topological polar surface area (TPSA) is 123 Å². The van der Waals surface area contributed by atoms with E-state index in [4.69, 9.17) is 24.5 Å². The molecule has 1 aromatic carbocycles. The summed E-state index contributed by atoms with van der Waals surface area (Å²) in [7, 11) is 1.52. The van der Waals surface area contributed by atoms with Gasteiger partial charge in [0.1, 0.15) is 19.0 Å². The fourth-order valence-electron chi connectivity index (χ4n) is 4.22. The van der Waals surface area contributed by atoms with Crippen molar-refractivity contribution in [3.8, 4) is 0 Å². The lowest BCUT2D eigenvalue weighted by molar-refractivity contribution is -0.189. The first-order chi connectivity index (χ1) is 15.9. The average Bonchev–Trinajstić information content (AvgIpc) is 2.82. The van der Waals surface area contributed by atoms with Crippen LogP contribution in [-0.4, -0.2) is 55.9 Å². The Morgan fingerprint density at radius 3 is 2.55 bits per heavy atom. The van der Waals surface area contributed by atoms with E-state index in [1.165, 1.54) is 7.11 Å². The fourth-order valence-corrected chi connectivity index (χ4v) is 4.22. The summed E-state index contributed by atoms with van der Waals surface area (Å²) < 4.78 is 23.0. The number of aliphatic hydroxyl groups is 1. The van der Waals surface area contributed by atoms with Gasteiger partial charge in [0.25, 0.3) is 0 Å². The molecule has 6 atom stereocenters. The first-order valence-electron chi connectivity index (χ1n) is 11.5. The molecule has 0 bridgehead atoms. The second-order valence-electron chi connectivity index (χ2n) is 8.91. The third kappa shape index (κ3) is 7.98.